The van der Waals surface area contributed by atoms with Crippen molar-refractivity contribution >= 4 is 17.3 Å². The van der Waals surface area contributed by atoms with Crippen LogP contribution in [0.3, 0.4) is 0 Å². The van der Waals surface area contributed by atoms with Crippen LogP contribution in [0.4, 0.5) is 11.4 Å². The third kappa shape index (κ3) is 2.98. The Labute approximate surface area is 131 Å². The van der Waals surface area contributed by atoms with Gasteiger partial charge in [0.1, 0.15) is 0 Å². The molecule has 0 aromatic heterocycles. The summed E-state index contributed by atoms with van der Waals surface area (Å²) in [5, 5.41) is 0. The van der Waals surface area contributed by atoms with Gasteiger partial charge in [0, 0.05) is 24.3 Å². The zero-order chi connectivity index (χ0) is 15.5. The van der Waals surface area contributed by atoms with Crippen LogP contribution in [0.2, 0.25) is 0 Å². The Balaban J connectivity index is 1.74. The number of amides is 1. The molecule has 0 aliphatic carbocycles. The van der Waals surface area contributed by atoms with Crippen molar-refractivity contribution < 1.29 is 4.79 Å². The van der Waals surface area contributed by atoms with Gasteiger partial charge in [-0.25, -0.2) is 0 Å². The fourth-order valence-electron chi connectivity index (χ4n) is 3.08. The number of benzene rings is 2. The molecule has 0 bridgehead atoms. The maximum Gasteiger partial charge on any atom is 0.227 e. The molecule has 0 fully saturated rings. The number of nitrogens with zero attached hydrogens (tertiary/aromatic N) is 1. The van der Waals surface area contributed by atoms with Crippen molar-refractivity contribution in [3.8, 4) is 0 Å². The highest BCUT2D eigenvalue weighted by Crippen LogP contribution is 2.29. The number of anilines is 2. The number of carbonyl (C=O) groups is 1. The van der Waals surface area contributed by atoms with E-state index in [1.807, 2.05) is 29.2 Å². The quantitative estimate of drug-likeness (QED) is 0.881. The Morgan fingerprint density at radius 3 is 2.86 bits per heavy atom. The van der Waals surface area contributed by atoms with Crippen LogP contribution in [0.5, 0.6) is 0 Å². The number of nitrogens with two attached hydrogens (primary N) is 1. The molecule has 0 saturated carbocycles. The molecule has 0 atom stereocenters. The molecule has 2 N–H and O–H groups in total. The smallest absolute Gasteiger partial charge is 0.227 e. The van der Waals surface area contributed by atoms with Crippen molar-refractivity contribution in [2.75, 3.05) is 17.2 Å². The topological polar surface area (TPSA) is 46.3 Å². The molecule has 1 aliphatic rings. The SMILES string of the molecule is Cc1ccc2c(c1)N(C(=O)CCc1ccccc1N)CCC2. The molecular weight excluding hydrogens is 272 g/mol. The first-order valence-electron chi connectivity index (χ1n) is 7.88. The molecule has 114 valence electrons. The van der Waals surface area contributed by atoms with Gasteiger partial charge < -0.3 is 10.6 Å². The van der Waals surface area contributed by atoms with Gasteiger partial charge >= 0.3 is 0 Å². The van der Waals surface area contributed by atoms with Crippen molar-refractivity contribution in [1.82, 2.24) is 0 Å². The van der Waals surface area contributed by atoms with Crippen LogP contribution >= 0.6 is 0 Å². The van der Waals surface area contributed by atoms with E-state index < -0.39 is 0 Å². The summed E-state index contributed by atoms with van der Waals surface area (Å²) in [7, 11) is 0. The maximum atomic E-state index is 12.6. The van der Waals surface area contributed by atoms with E-state index in [2.05, 4.69) is 25.1 Å². The highest BCUT2D eigenvalue weighted by Gasteiger charge is 2.22. The van der Waals surface area contributed by atoms with E-state index in [1.165, 1.54) is 11.1 Å². The molecule has 3 nitrogen and oxygen atoms in total. The Morgan fingerprint density at radius 1 is 1.23 bits per heavy atom. The van der Waals surface area contributed by atoms with Crippen LogP contribution < -0.4 is 10.6 Å². The predicted octanol–water partition coefficient (Wildman–Crippen LogP) is 3.49. The highest BCUT2D eigenvalue weighted by atomic mass is 16.2. The molecule has 0 spiro atoms. The standard InChI is InChI=1S/C19H22N2O/c1-14-8-9-16-6-4-12-21(18(16)13-14)19(22)11-10-15-5-2-3-7-17(15)20/h2-3,5,7-9,13H,4,6,10-12,20H2,1H3. The lowest BCUT2D eigenvalue weighted by atomic mass is 9.99. The van der Waals surface area contributed by atoms with E-state index in [0.717, 1.165) is 36.3 Å². The van der Waals surface area contributed by atoms with Gasteiger partial charge in [0.2, 0.25) is 5.91 Å². The minimum atomic E-state index is 0.190. The molecule has 3 heteroatoms. The largest absolute Gasteiger partial charge is 0.399 e. The van der Waals surface area contributed by atoms with Gasteiger partial charge in [-0.3, -0.25) is 4.79 Å². The van der Waals surface area contributed by atoms with Gasteiger partial charge in [0.25, 0.3) is 0 Å². The van der Waals surface area contributed by atoms with Crippen LogP contribution in [0, 0.1) is 6.92 Å². The summed E-state index contributed by atoms with van der Waals surface area (Å²) in [5.41, 5.74) is 11.4. The molecule has 3 rings (SSSR count). The van der Waals surface area contributed by atoms with E-state index in [0.29, 0.717) is 12.8 Å². The lowest BCUT2D eigenvalue weighted by Crippen LogP contribution is -2.35. The van der Waals surface area contributed by atoms with Crippen molar-refractivity contribution in [3.05, 3.63) is 59.2 Å². The average molecular weight is 294 g/mol. The van der Waals surface area contributed by atoms with E-state index in [4.69, 9.17) is 5.73 Å². The van der Waals surface area contributed by atoms with Crippen molar-refractivity contribution in [3.63, 3.8) is 0 Å². The second kappa shape index (κ2) is 6.22. The lowest BCUT2D eigenvalue weighted by molar-refractivity contribution is -0.118. The van der Waals surface area contributed by atoms with Crippen molar-refractivity contribution in [1.29, 1.82) is 0 Å². The van der Waals surface area contributed by atoms with Crippen molar-refractivity contribution in [2.24, 2.45) is 0 Å². The fourth-order valence-corrected chi connectivity index (χ4v) is 3.08. The van der Waals surface area contributed by atoms with Gasteiger partial charge in [0.05, 0.1) is 0 Å². The van der Waals surface area contributed by atoms with Crippen LogP contribution in [0.25, 0.3) is 0 Å². The normalized spacial score (nSPS) is 13.8. The fraction of sp³-hybridized carbons (Fsp3) is 0.316. The summed E-state index contributed by atoms with van der Waals surface area (Å²) >= 11 is 0. The van der Waals surface area contributed by atoms with Crippen LogP contribution in [0.15, 0.2) is 42.5 Å². The Bertz CT molecular complexity index is 694. The lowest BCUT2D eigenvalue weighted by Gasteiger charge is -2.30. The summed E-state index contributed by atoms with van der Waals surface area (Å²) < 4.78 is 0. The Morgan fingerprint density at radius 2 is 2.05 bits per heavy atom. The minimum Gasteiger partial charge on any atom is -0.399 e. The molecular formula is C19H22N2O. The number of para-hydroxylation sites is 1. The third-order valence-electron chi connectivity index (χ3n) is 4.32. The Hall–Kier alpha value is -2.29. The number of nitrogen functional groups attached to an aromatic ring is 1. The van der Waals surface area contributed by atoms with Gasteiger partial charge in [0.15, 0.2) is 0 Å². The summed E-state index contributed by atoms with van der Waals surface area (Å²) in [5.74, 6) is 0.190. The third-order valence-corrected chi connectivity index (χ3v) is 4.32. The monoisotopic (exact) mass is 294 g/mol. The highest BCUT2D eigenvalue weighted by molar-refractivity contribution is 5.94. The summed E-state index contributed by atoms with van der Waals surface area (Å²) in [6, 6.07) is 14.2. The Kier molecular flexibility index (Phi) is 4.14. The van der Waals surface area contributed by atoms with Crippen LogP contribution in [0.1, 0.15) is 29.5 Å². The van der Waals surface area contributed by atoms with Crippen LogP contribution in [-0.2, 0) is 17.6 Å². The number of carbonyl (C=O) groups excluding carboxylic acids is 1. The molecule has 2 aromatic rings. The summed E-state index contributed by atoms with van der Waals surface area (Å²) in [6.07, 6.45) is 3.30. The number of hydrogen-bond acceptors (Lipinski definition) is 2. The zero-order valence-electron chi connectivity index (χ0n) is 13.0. The summed E-state index contributed by atoms with van der Waals surface area (Å²) in [4.78, 5) is 14.6. The minimum absolute atomic E-state index is 0.190. The van der Waals surface area contributed by atoms with E-state index in [1.54, 1.807) is 0 Å². The first-order valence-corrected chi connectivity index (χ1v) is 7.88. The van der Waals surface area contributed by atoms with Gasteiger partial charge in [-0.2, -0.15) is 0 Å². The molecule has 0 radical (unpaired) electrons. The predicted molar refractivity (Wildman–Crippen MR) is 91.0 cm³/mol. The number of aryl methyl sites for hydroxylation is 3. The maximum absolute atomic E-state index is 12.6. The van der Waals surface area contributed by atoms with Crippen molar-refractivity contribution in [2.45, 2.75) is 32.6 Å². The zero-order valence-corrected chi connectivity index (χ0v) is 13.0. The van der Waals surface area contributed by atoms with Gasteiger partial charge in [-0.15, -0.1) is 0 Å². The van der Waals surface area contributed by atoms with E-state index in [-0.39, 0.29) is 5.91 Å². The average Bonchev–Trinajstić information content (AvgIpc) is 2.53. The molecule has 1 amide bonds. The molecule has 0 saturated heterocycles. The molecule has 1 aliphatic heterocycles. The second-order valence-electron chi connectivity index (χ2n) is 5.98. The molecule has 22 heavy (non-hydrogen) atoms. The first kappa shape index (κ1) is 14.6. The number of hydrogen-bond donors (Lipinski definition) is 1. The second-order valence-corrected chi connectivity index (χ2v) is 5.98. The molecule has 2 aromatic carbocycles. The van der Waals surface area contributed by atoms with Gasteiger partial charge in [-0.05, 0) is 55.0 Å². The number of fused-ring (bicyclic) bond motifs is 1. The molecule has 1 heterocycles. The van der Waals surface area contributed by atoms with E-state index >= 15 is 0 Å². The van der Waals surface area contributed by atoms with Gasteiger partial charge in [-0.1, -0.05) is 30.3 Å². The van der Waals surface area contributed by atoms with E-state index in [9.17, 15) is 4.79 Å². The summed E-state index contributed by atoms with van der Waals surface area (Å²) in [6.45, 7) is 2.89. The van der Waals surface area contributed by atoms with Crippen LogP contribution in [-0.4, -0.2) is 12.5 Å². The molecule has 0 unspecified atom stereocenters. The number of rotatable bonds is 3. The first-order chi connectivity index (χ1) is 10.6.